The Bertz CT molecular complexity index is 2200. The lowest BCUT2D eigenvalue weighted by atomic mass is 10.1. The molecule has 0 bridgehead atoms. The number of carbonyl (C=O) groups is 7. The van der Waals surface area contributed by atoms with Gasteiger partial charge in [0.05, 0.1) is 39.2 Å². The van der Waals surface area contributed by atoms with E-state index in [1.165, 1.54) is 24.0 Å². The molecule has 22 heteroatoms. The van der Waals surface area contributed by atoms with Gasteiger partial charge in [-0.15, -0.1) is 0 Å². The molecule has 2 aromatic carbocycles. The lowest BCUT2D eigenvalue weighted by Gasteiger charge is -2.29. The average Bonchev–Trinajstić information content (AvgIpc) is 3.96. The van der Waals surface area contributed by atoms with Crippen molar-refractivity contribution >= 4 is 64.7 Å². The third-order valence-corrected chi connectivity index (χ3v) is 9.54. The normalized spacial score (nSPS) is 15.0. The van der Waals surface area contributed by atoms with Crippen LogP contribution in [-0.4, -0.2) is 124 Å². The molecule has 2 aromatic heterocycles. The van der Waals surface area contributed by atoms with Gasteiger partial charge in [-0.3, -0.25) is 33.7 Å². The van der Waals surface area contributed by atoms with E-state index >= 15 is 0 Å². The van der Waals surface area contributed by atoms with Crippen LogP contribution in [-0.2, 0) is 44.8 Å². The molecule has 3 unspecified atom stereocenters. The Hall–Kier alpha value is -7.46. The van der Waals surface area contributed by atoms with Crippen molar-refractivity contribution in [3.63, 3.8) is 0 Å². The summed E-state index contributed by atoms with van der Waals surface area (Å²) in [5.74, 6) is 0.0958. The first-order valence-electron chi connectivity index (χ1n) is 22.0. The summed E-state index contributed by atoms with van der Waals surface area (Å²) in [6, 6.07) is 14.6. The number of H-pyrrole nitrogens is 1. The number of benzene rings is 2. The standard InChI is InChI=1S/C13H16N4O5.C12H18N2O3.C11H15N5O2.C8H10O.C2H6/c14-11(19)5-16-13(21)22-7-9-1-3-10(4-2-9)17-12(20)6-15-8-18;1-8(2)9(3)13-10(15)6-7-14-11(16)4-5-12(14)17;17-4-7-2-1-3-8(18-7)16-11-9-10(13-5-12-9)14-6-15-11;1-7-3-5-8(9-2)6-4-7;1-2/h1-4,8H,5-7H2,(H2,14,19)(H,15,18)(H,16,21)(H,17,20);4-5,8-9H,6-7H2,1-3H3,(H,13,15);5-8,17H,1-4H2,(H2,12,13,14,15,16);3-6H,1-2H3;1-2H3. The second kappa shape index (κ2) is 31.5. The number of aliphatic hydroxyl groups excluding tert-OH is 1. The van der Waals surface area contributed by atoms with Gasteiger partial charge in [0.2, 0.25) is 24.1 Å². The summed E-state index contributed by atoms with van der Waals surface area (Å²) in [5, 5.41) is 22.2. The number of ether oxygens (including phenoxy) is 3. The van der Waals surface area contributed by atoms with E-state index in [1.54, 1.807) is 37.7 Å². The molecule has 68 heavy (non-hydrogen) atoms. The molecule has 2 aliphatic heterocycles. The number of imidazole rings is 1. The van der Waals surface area contributed by atoms with E-state index in [2.05, 4.69) is 53.4 Å². The Morgan fingerprint density at radius 2 is 1.63 bits per heavy atom. The van der Waals surface area contributed by atoms with Crippen molar-refractivity contribution in [2.75, 3.05) is 44.0 Å². The third kappa shape index (κ3) is 21.7. The number of aromatic nitrogens is 4. The molecule has 1 fully saturated rings. The minimum atomic E-state index is -0.754. The van der Waals surface area contributed by atoms with Crippen LogP contribution in [0.1, 0.15) is 71.4 Å². The molecule has 2 aliphatic rings. The summed E-state index contributed by atoms with van der Waals surface area (Å²) in [4.78, 5) is 93.4. The zero-order valence-electron chi connectivity index (χ0n) is 39.6. The number of hydrogen-bond donors (Lipinski definition) is 8. The predicted octanol–water partition coefficient (Wildman–Crippen LogP) is 3.23. The van der Waals surface area contributed by atoms with E-state index in [0.717, 1.165) is 35.4 Å². The number of primary amides is 1. The van der Waals surface area contributed by atoms with Gasteiger partial charge in [-0.25, -0.2) is 19.7 Å². The number of aromatic amines is 1. The molecule has 9 N–H and O–H groups in total. The third-order valence-electron chi connectivity index (χ3n) is 9.54. The Morgan fingerprint density at radius 3 is 2.24 bits per heavy atom. The van der Waals surface area contributed by atoms with Crippen LogP contribution in [0.2, 0.25) is 0 Å². The Balaban J connectivity index is 0.000000317. The molecule has 3 atom stereocenters. The van der Waals surface area contributed by atoms with Crippen molar-refractivity contribution in [3.05, 3.63) is 84.5 Å². The Morgan fingerprint density at radius 1 is 0.956 bits per heavy atom. The van der Waals surface area contributed by atoms with Crippen LogP contribution in [0.3, 0.4) is 0 Å². The Kier molecular flexibility index (Phi) is 26.2. The number of aliphatic hydroxyl groups is 1. The molecule has 0 aliphatic carbocycles. The van der Waals surface area contributed by atoms with Crippen molar-refractivity contribution in [2.24, 2.45) is 11.7 Å². The number of amides is 7. The average molecular weight is 948 g/mol. The van der Waals surface area contributed by atoms with Crippen LogP contribution < -0.4 is 37.1 Å². The number of fused-ring (bicyclic) bond motifs is 1. The van der Waals surface area contributed by atoms with E-state index < -0.39 is 12.0 Å². The molecular formula is C46H65N11O11. The zero-order chi connectivity index (χ0) is 50.4. The predicted molar refractivity (Wildman–Crippen MR) is 253 cm³/mol. The number of rotatable bonds is 17. The van der Waals surface area contributed by atoms with Crippen LogP contribution in [0.15, 0.2) is 73.3 Å². The maximum atomic E-state index is 11.5. The summed E-state index contributed by atoms with van der Waals surface area (Å²) in [5.41, 5.74) is 8.76. The maximum Gasteiger partial charge on any atom is 0.407 e. The molecule has 4 aromatic rings. The van der Waals surface area contributed by atoms with E-state index in [9.17, 15) is 33.6 Å². The van der Waals surface area contributed by atoms with Crippen LogP contribution >= 0.6 is 0 Å². The molecule has 0 radical (unpaired) electrons. The summed E-state index contributed by atoms with van der Waals surface area (Å²) in [7, 11) is 1.67. The van der Waals surface area contributed by atoms with Gasteiger partial charge in [0, 0.05) is 36.8 Å². The van der Waals surface area contributed by atoms with Gasteiger partial charge in [-0.1, -0.05) is 57.5 Å². The fourth-order valence-electron chi connectivity index (χ4n) is 5.58. The van der Waals surface area contributed by atoms with Gasteiger partial charge in [0.1, 0.15) is 30.4 Å². The van der Waals surface area contributed by atoms with Crippen molar-refractivity contribution < 1.29 is 52.9 Å². The first kappa shape index (κ1) is 56.7. The highest BCUT2D eigenvalue weighted by atomic mass is 16.5. The van der Waals surface area contributed by atoms with Gasteiger partial charge >= 0.3 is 6.09 Å². The van der Waals surface area contributed by atoms with Crippen LogP contribution in [0.25, 0.3) is 11.2 Å². The molecular weight excluding hydrogens is 883 g/mol. The first-order valence-corrected chi connectivity index (χ1v) is 22.0. The highest BCUT2D eigenvalue weighted by molar-refractivity contribution is 6.13. The number of imide groups is 1. The summed E-state index contributed by atoms with van der Waals surface area (Å²) in [6.45, 7) is 11.8. The van der Waals surface area contributed by atoms with Gasteiger partial charge in [-0.2, -0.15) is 0 Å². The number of nitrogens with one attached hydrogen (secondary N) is 6. The van der Waals surface area contributed by atoms with E-state index in [-0.39, 0.29) is 81.3 Å². The second-order valence-electron chi connectivity index (χ2n) is 15.0. The highest BCUT2D eigenvalue weighted by Crippen LogP contribution is 2.22. The van der Waals surface area contributed by atoms with Crippen LogP contribution in [0.5, 0.6) is 5.75 Å². The largest absolute Gasteiger partial charge is 0.497 e. The number of hydrogen-bond acceptors (Lipinski definition) is 15. The smallest absolute Gasteiger partial charge is 0.407 e. The molecule has 7 amide bonds. The molecule has 370 valence electrons. The minimum absolute atomic E-state index is 0.00548. The van der Waals surface area contributed by atoms with E-state index in [1.807, 2.05) is 58.9 Å². The van der Waals surface area contributed by atoms with Crippen LogP contribution in [0, 0.1) is 12.8 Å². The molecule has 1 saturated heterocycles. The molecule has 22 nitrogen and oxygen atoms in total. The van der Waals surface area contributed by atoms with Crippen molar-refractivity contribution in [1.29, 1.82) is 0 Å². The number of nitrogens with two attached hydrogens (primary N) is 1. The Labute approximate surface area is 395 Å². The number of methoxy groups -OCH3 is 1. The second-order valence-corrected chi connectivity index (χ2v) is 15.0. The van der Waals surface area contributed by atoms with Gasteiger partial charge in [-0.05, 0) is 68.9 Å². The number of carbonyl (C=O) groups excluding carboxylic acids is 7. The number of alkyl carbamates (subject to hydrolysis) is 1. The van der Waals surface area contributed by atoms with Crippen LogP contribution in [0.4, 0.5) is 16.3 Å². The number of nitrogens with zero attached hydrogens (tertiary/aromatic N) is 4. The highest BCUT2D eigenvalue weighted by Gasteiger charge is 2.24. The fraction of sp³-hybridized carbons (Fsp3) is 0.435. The SMILES string of the molecule is CC.CC(C)C(C)NC(=O)CCN1C(=O)C=CC1=O.COc1ccc(C)cc1.NC(=O)CNC(=O)OCc1ccc(NC(=O)CNC=O)cc1.OCC1CCCC(Nc2ncnc3nc[nH]c23)O1. The van der Waals surface area contributed by atoms with Gasteiger partial charge in [0.15, 0.2) is 11.5 Å². The van der Waals surface area contributed by atoms with Crippen molar-refractivity contribution in [1.82, 2.24) is 40.8 Å². The summed E-state index contributed by atoms with van der Waals surface area (Å²) in [6.07, 6.45) is 7.94. The lowest BCUT2D eigenvalue weighted by molar-refractivity contribution is -0.137. The number of anilines is 2. The lowest BCUT2D eigenvalue weighted by Crippen LogP contribution is -2.39. The molecule has 4 heterocycles. The van der Waals surface area contributed by atoms with Gasteiger partial charge < -0.3 is 56.6 Å². The quantitative estimate of drug-likeness (QED) is 0.0557. The fourth-order valence-corrected chi connectivity index (χ4v) is 5.58. The summed E-state index contributed by atoms with van der Waals surface area (Å²) < 4.78 is 15.5. The monoisotopic (exact) mass is 947 g/mol. The summed E-state index contributed by atoms with van der Waals surface area (Å²) >= 11 is 0. The topological polar surface area (TPSA) is 311 Å². The van der Waals surface area contributed by atoms with E-state index in [4.69, 9.17) is 25.1 Å². The zero-order valence-corrected chi connectivity index (χ0v) is 39.6. The maximum absolute atomic E-state index is 11.5. The number of aryl methyl sites for hydroxylation is 1. The first-order chi connectivity index (χ1) is 32.6. The minimum Gasteiger partial charge on any atom is -0.497 e. The molecule has 6 rings (SSSR count). The molecule has 0 spiro atoms. The van der Waals surface area contributed by atoms with Crippen molar-refractivity contribution in [3.8, 4) is 5.75 Å². The van der Waals surface area contributed by atoms with Gasteiger partial charge in [0.25, 0.3) is 11.8 Å². The molecule has 0 saturated carbocycles. The van der Waals surface area contributed by atoms with E-state index in [0.29, 0.717) is 35.0 Å². The van der Waals surface area contributed by atoms with Crippen molar-refractivity contribution in [2.45, 2.75) is 92.2 Å².